The van der Waals surface area contributed by atoms with Crippen LogP contribution in [-0.2, 0) is 6.54 Å². The molecule has 0 unspecified atom stereocenters. The van der Waals surface area contributed by atoms with Crippen LogP contribution in [0.15, 0.2) is 63.1 Å². The Balaban J connectivity index is 1.98. The summed E-state index contributed by atoms with van der Waals surface area (Å²) in [4.78, 5) is 30.3. The number of hydrogen-bond donors (Lipinski definition) is 2. The molecule has 26 heavy (non-hydrogen) atoms. The fourth-order valence-electron chi connectivity index (χ4n) is 2.34. The van der Waals surface area contributed by atoms with Crippen LogP contribution in [-0.4, -0.2) is 20.9 Å². The van der Waals surface area contributed by atoms with E-state index in [1.807, 2.05) is 0 Å². The number of aromatic nitrogens is 2. The summed E-state index contributed by atoms with van der Waals surface area (Å²) >= 11 is 5.91. The van der Waals surface area contributed by atoms with Crippen molar-refractivity contribution in [3.8, 4) is 11.6 Å². The van der Waals surface area contributed by atoms with Crippen LogP contribution < -0.4 is 11.2 Å². The highest BCUT2D eigenvalue weighted by Gasteiger charge is 2.14. The summed E-state index contributed by atoms with van der Waals surface area (Å²) in [6, 6.07) is 12.0. The standard InChI is InChI=1S/C18H13ClFN3O3/c19-12-2-1-3-14(8-12)23-17(25)15(16(24)22-18(23)26)10-21-9-11-4-6-13(20)7-5-11/h1-8,10,25H,9H2,(H,22,24,26). The molecule has 3 aromatic rings. The molecule has 1 aromatic heterocycles. The van der Waals surface area contributed by atoms with Crippen LogP contribution in [0.4, 0.5) is 4.39 Å². The molecule has 0 saturated carbocycles. The molecule has 0 atom stereocenters. The van der Waals surface area contributed by atoms with E-state index in [0.29, 0.717) is 10.7 Å². The van der Waals surface area contributed by atoms with Crippen LogP contribution in [0.3, 0.4) is 0 Å². The summed E-state index contributed by atoms with van der Waals surface area (Å²) in [6.07, 6.45) is 1.16. The Labute approximate surface area is 151 Å². The number of aliphatic imine (C=N–C) groups is 1. The number of nitrogens with one attached hydrogen (secondary N) is 1. The molecule has 132 valence electrons. The summed E-state index contributed by atoms with van der Waals surface area (Å²) in [6.45, 7) is 0.176. The highest BCUT2D eigenvalue weighted by Crippen LogP contribution is 2.18. The van der Waals surface area contributed by atoms with Crippen LogP contribution in [0, 0.1) is 5.82 Å². The first-order chi connectivity index (χ1) is 12.5. The minimum Gasteiger partial charge on any atom is -0.493 e. The van der Waals surface area contributed by atoms with E-state index in [1.165, 1.54) is 18.2 Å². The van der Waals surface area contributed by atoms with E-state index in [0.717, 1.165) is 16.3 Å². The van der Waals surface area contributed by atoms with Gasteiger partial charge in [-0.15, -0.1) is 0 Å². The van der Waals surface area contributed by atoms with Crippen LogP contribution in [0.1, 0.15) is 11.1 Å². The second-order valence-electron chi connectivity index (χ2n) is 5.41. The summed E-state index contributed by atoms with van der Waals surface area (Å²) in [5.74, 6) is -0.913. The van der Waals surface area contributed by atoms with Crippen molar-refractivity contribution in [1.82, 2.24) is 9.55 Å². The van der Waals surface area contributed by atoms with Gasteiger partial charge in [0.25, 0.3) is 5.56 Å². The molecule has 0 fully saturated rings. The van der Waals surface area contributed by atoms with Gasteiger partial charge in [-0.2, -0.15) is 0 Å². The molecular weight excluding hydrogens is 361 g/mol. The third-order valence-electron chi connectivity index (χ3n) is 3.59. The normalized spacial score (nSPS) is 11.2. The fraction of sp³-hybridized carbons (Fsp3) is 0.0556. The lowest BCUT2D eigenvalue weighted by Crippen LogP contribution is -2.31. The Morgan fingerprint density at radius 1 is 1.19 bits per heavy atom. The van der Waals surface area contributed by atoms with Crippen molar-refractivity contribution >= 4 is 17.8 Å². The second-order valence-corrected chi connectivity index (χ2v) is 5.84. The van der Waals surface area contributed by atoms with Gasteiger partial charge in [-0.05, 0) is 35.9 Å². The van der Waals surface area contributed by atoms with Crippen molar-refractivity contribution in [3.05, 3.63) is 91.3 Å². The van der Waals surface area contributed by atoms with Crippen LogP contribution in [0.2, 0.25) is 5.02 Å². The summed E-state index contributed by atoms with van der Waals surface area (Å²) in [5.41, 5.74) is -0.725. The minimum absolute atomic E-state index is 0.174. The van der Waals surface area contributed by atoms with Gasteiger partial charge in [0.1, 0.15) is 11.4 Å². The smallest absolute Gasteiger partial charge is 0.335 e. The molecule has 0 spiro atoms. The Hall–Kier alpha value is -3.19. The van der Waals surface area contributed by atoms with Gasteiger partial charge in [-0.3, -0.25) is 14.8 Å². The maximum atomic E-state index is 12.9. The molecule has 8 heteroatoms. The Morgan fingerprint density at radius 2 is 1.92 bits per heavy atom. The van der Waals surface area contributed by atoms with Crippen molar-refractivity contribution in [1.29, 1.82) is 0 Å². The average Bonchev–Trinajstić information content (AvgIpc) is 2.59. The van der Waals surface area contributed by atoms with Gasteiger partial charge in [0.15, 0.2) is 0 Å². The Morgan fingerprint density at radius 3 is 2.62 bits per heavy atom. The topological polar surface area (TPSA) is 87.5 Å². The Bertz CT molecular complexity index is 1090. The number of benzene rings is 2. The zero-order valence-electron chi connectivity index (χ0n) is 13.3. The molecule has 0 amide bonds. The predicted octanol–water partition coefficient (Wildman–Crippen LogP) is 2.64. The van der Waals surface area contributed by atoms with Gasteiger partial charge >= 0.3 is 5.69 Å². The third-order valence-corrected chi connectivity index (χ3v) is 3.83. The van der Waals surface area contributed by atoms with Gasteiger partial charge in [0.2, 0.25) is 5.88 Å². The molecule has 2 N–H and O–H groups in total. The van der Waals surface area contributed by atoms with E-state index >= 15 is 0 Å². The van der Waals surface area contributed by atoms with Gasteiger partial charge in [0.05, 0.1) is 12.2 Å². The van der Waals surface area contributed by atoms with E-state index in [9.17, 15) is 19.1 Å². The van der Waals surface area contributed by atoms with Gasteiger partial charge in [-0.1, -0.05) is 29.8 Å². The summed E-state index contributed by atoms with van der Waals surface area (Å²) < 4.78 is 13.8. The molecule has 6 nitrogen and oxygen atoms in total. The van der Waals surface area contributed by atoms with Crippen molar-refractivity contribution in [2.24, 2.45) is 4.99 Å². The number of H-pyrrole nitrogens is 1. The van der Waals surface area contributed by atoms with Gasteiger partial charge in [0, 0.05) is 11.2 Å². The molecule has 0 aliphatic rings. The highest BCUT2D eigenvalue weighted by molar-refractivity contribution is 6.30. The molecule has 0 aliphatic heterocycles. The molecule has 0 saturated heterocycles. The monoisotopic (exact) mass is 373 g/mol. The first kappa shape index (κ1) is 17.6. The lowest BCUT2D eigenvalue weighted by molar-refractivity contribution is 0.430. The summed E-state index contributed by atoms with van der Waals surface area (Å²) in [5, 5.41) is 10.8. The molecule has 0 aliphatic carbocycles. The van der Waals surface area contributed by atoms with E-state index in [2.05, 4.69) is 9.98 Å². The first-order valence-corrected chi connectivity index (χ1v) is 7.92. The quantitative estimate of drug-likeness (QED) is 0.689. The maximum Gasteiger partial charge on any atom is 0.335 e. The molecule has 2 aromatic carbocycles. The van der Waals surface area contributed by atoms with E-state index < -0.39 is 17.1 Å². The Kier molecular flexibility index (Phi) is 4.99. The molecule has 3 rings (SSSR count). The number of halogens is 2. The average molecular weight is 374 g/mol. The lowest BCUT2D eigenvalue weighted by Gasteiger charge is -2.09. The van der Waals surface area contributed by atoms with Crippen LogP contribution >= 0.6 is 11.6 Å². The van der Waals surface area contributed by atoms with Crippen molar-refractivity contribution < 1.29 is 9.50 Å². The number of rotatable bonds is 4. The lowest BCUT2D eigenvalue weighted by atomic mass is 10.2. The highest BCUT2D eigenvalue weighted by atomic mass is 35.5. The number of aromatic hydroxyl groups is 1. The molecule has 1 heterocycles. The van der Waals surface area contributed by atoms with Crippen molar-refractivity contribution in [2.75, 3.05) is 0 Å². The predicted molar refractivity (Wildman–Crippen MR) is 97.0 cm³/mol. The second kappa shape index (κ2) is 7.37. The zero-order valence-corrected chi connectivity index (χ0v) is 14.1. The third kappa shape index (κ3) is 3.73. The van der Waals surface area contributed by atoms with Crippen molar-refractivity contribution in [2.45, 2.75) is 6.54 Å². The van der Waals surface area contributed by atoms with Crippen LogP contribution in [0.25, 0.3) is 5.69 Å². The fourth-order valence-corrected chi connectivity index (χ4v) is 2.53. The van der Waals surface area contributed by atoms with E-state index in [4.69, 9.17) is 11.6 Å². The number of aromatic amines is 1. The maximum absolute atomic E-state index is 12.9. The van der Waals surface area contributed by atoms with Crippen LogP contribution in [0.5, 0.6) is 5.88 Å². The van der Waals surface area contributed by atoms with E-state index in [1.54, 1.807) is 30.3 Å². The molecule has 0 bridgehead atoms. The zero-order chi connectivity index (χ0) is 18.7. The summed E-state index contributed by atoms with van der Waals surface area (Å²) in [7, 11) is 0. The number of hydrogen-bond acceptors (Lipinski definition) is 4. The SMILES string of the molecule is O=c1[nH]c(=O)n(-c2cccc(Cl)c2)c(O)c1C=NCc1ccc(F)cc1. The van der Waals surface area contributed by atoms with Gasteiger partial charge < -0.3 is 5.11 Å². The number of nitrogens with zero attached hydrogens (tertiary/aromatic N) is 2. The largest absolute Gasteiger partial charge is 0.493 e. The molecule has 0 radical (unpaired) electrons. The van der Waals surface area contributed by atoms with Gasteiger partial charge in [-0.25, -0.2) is 13.8 Å². The minimum atomic E-state index is -0.801. The van der Waals surface area contributed by atoms with E-state index in [-0.39, 0.29) is 17.9 Å². The molecular formula is C18H13ClFN3O3. The van der Waals surface area contributed by atoms with Crippen molar-refractivity contribution in [3.63, 3.8) is 0 Å². The first-order valence-electron chi connectivity index (χ1n) is 7.54.